The Morgan fingerprint density at radius 3 is 2.03 bits per heavy atom. The van der Waals surface area contributed by atoms with Gasteiger partial charge < -0.3 is 57.1 Å². The second-order valence-electron chi connectivity index (χ2n) is 14.3. The molecule has 21 nitrogen and oxygen atoms in total. The minimum absolute atomic E-state index is 0.0591. The van der Waals surface area contributed by atoms with Crippen molar-refractivity contribution in [1.29, 1.82) is 0 Å². The summed E-state index contributed by atoms with van der Waals surface area (Å²) < 4.78 is 62.3. The van der Waals surface area contributed by atoms with Gasteiger partial charge in [-0.1, -0.05) is 70.2 Å². The zero-order valence-electron chi connectivity index (χ0n) is 34.7. The number of amides is 1. The van der Waals surface area contributed by atoms with Crippen molar-refractivity contribution in [3.8, 4) is 5.75 Å². The minimum atomic E-state index is -2.07. The number of hydrogen-bond donors (Lipinski definition) is 1. The van der Waals surface area contributed by atoms with Gasteiger partial charge in [-0.25, -0.2) is 9.59 Å². The van der Waals surface area contributed by atoms with E-state index in [0.29, 0.717) is 16.5 Å². The summed E-state index contributed by atoms with van der Waals surface area (Å²) in [5, 5.41) is 7.02. The predicted molar refractivity (Wildman–Crippen MR) is 221 cm³/mol. The molecular weight excluding hydrogens is 915 g/mol. The second kappa shape index (κ2) is 22.5. The molecule has 346 valence electrons. The zero-order valence-corrected chi connectivity index (χ0v) is 37.0. The van der Waals surface area contributed by atoms with Crippen LogP contribution in [-0.2, 0) is 68.4 Å². The quantitative estimate of drug-likeness (QED) is 0.0375. The van der Waals surface area contributed by atoms with Crippen LogP contribution in [0.2, 0.25) is 0 Å². The molecule has 0 saturated carbocycles. The van der Waals surface area contributed by atoms with E-state index < -0.39 is 120 Å². The molecule has 3 aromatic rings. The van der Waals surface area contributed by atoms with E-state index in [0.717, 1.165) is 27.7 Å². The Morgan fingerprint density at radius 2 is 1.42 bits per heavy atom. The highest BCUT2D eigenvalue weighted by atomic mass is 35.6. The maximum absolute atomic E-state index is 13.4. The number of fused-ring (bicyclic) bond motifs is 1. The van der Waals surface area contributed by atoms with Gasteiger partial charge in [0.2, 0.25) is 10.1 Å². The lowest BCUT2D eigenvalue weighted by Crippen LogP contribution is -2.69. The van der Waals surface area contributed by atoms with Gasteiger partial charge in [0.05, 0.1) is 6.61 Å². The highest BCUT2D eigenvalue weighted by Gasteiger charge is 2.56. The molecule has 0 spiro atoms. The molecule has 0 unspecified atom stereocenters. The maximum atomic E-state index is 13.4. The Morgan fingerprint density at radius 1 is 0.797 bits per heavy atom. The number of ether oxygens (including phenoxy) is 10. The molecule has 1 amide bonds. The van der Waals surface area contributed by atoms with Crippen LogP contribution in [0.5, 0.6) is 5.75 Å². The molecule has 0 radical (unpaired) electrons. The Hall–Kier alpha value is -5.38. The number of nitrogens with one attached hydrogen (secondary N) is 1. The first kappa shape index (κ1) is 49.6. The van der Waals surface area contributed by atoms with E-state index in [1.807, 2.05) is 0 Å². The van der Waals surface area contributed by atoms with Crippen LogP contribution in [0, 0.1) is 6.92 Å². The van der Waals surface area contributed by atoms with E-state index >= 15 is 0 Å². The summed E-state index contributed by atoms with van der Waals surface area (Å²) >= 11 is 17.5. The van der Waals surface area contributed by atoms with Gasteiger partial charge in [-0.2, -0.15) is 0 Å². The molecule has 2 aromatic carbocycles. The number of rotatable bonds is 16. The van der Waals surface area contributed by atoms with E-state index in [9.17, 15) is 34.3 Å². The number of carbonyl (C=O) groups excluding carboxylic acids is 5. The van der Waals surface area contributed by atoms with Gasteiger partial charge in [-0.15, -0.1) is 0 Å². The molecule has 2 aliphatic heterocycles. The molecule has 24 heteroatoms. The normalized spacial score (nSPS) is 25.5. The van der Waals surface area contributed by atoms with Crippen LogP contribution in [0.3, 0.4) is 0 Å². The number of nitrogens with zero attached hydrogens (tertiary/aromatic N) is 3. The van der Waals surface area contributed by atoms with Crippen molar-refractivity contribution >= 4 is 75.7 Å². The average molecular weight is 958 g/mol. The number of carbonyl (C=O) groups is 5. The highest BCUT2D eigenvalue weighted by molar-refractivity contribution is 6.67. The Bertz CT molecular complexity index is 2260. The van der Waals surface area contributed by atoms with Gasteiger partial charge in [-0.3, -0.25) is 19.2 Å². The molecule has 10 atom stereocenters. The second-order valence-corrected chi connectivity index (χ2v) is 16.8. The molecule has 1 N–H and O–H groups in total. The summed E-state index contributed by atoms with van der Waals surface area (Å²) in [5.41, 5.74) is 10.8. The number of alkyl carbamates (subject to hydrolysis) is 1. The SMILES string of the molecule is CC(=O)OC[C@H]1O[C@@H](Oc2ccc3c(C)cc(=O)oc3c2)[C@H](N=[N+]=[N-])[C@@H](O[C@@H]2O[C@H](COC(C)=O)[C@@H](OC(C)=O)[C@H](OC(C)=O)[C@H]2NC(=O)OCC(Cl)(Cl)Cl)[C@@H]1OCc1ccccc1. The van der Waals surface area contributed by atoms with E-state index in [-0.39, 0.29) is 17.9 Å². The maximum Gasteiger partial charge on any atom is 0.407 e. The number of halogens is 3. The highest BCUT2D eigenvalue weighted by Crippen LogP contribution is 2.36. The number of aryl methyl sites for hydroxylation is 1. The van der Waals surface area contributed by atoms with Crippen LogP contribution in [0.4, 0.5) is 4.79 Å². The largest absolute Gasteiger partial charge is 0.464 e. The number of esters is 4. The Kier molecular flexibility index (Phi) is 17.4. The first-order chi connectivity index (χ1) is 30.3. The Balaban J connectivity index is 1.66. The third-order valence-corrected chi connectivity index (χ3v) is 9.68. The average Bonchev–Trinajstić information content (AvgIpc) is 3.21. The van der Waals surface area contributed by atoms with Crippen LogP contribution >= 0.6 is 34.8 Å². The summed E-state index contributed by atoms with van der Waals surface area (Å²) in [7, 11) is 0. The zero-order chi connectivity index (χ0) is 46.7. The van der Waals surface area contributed by atoms with E-state index in [4.69, 9.17) is 86.6 Å². The summed E-state index contributed by atoms with van der Waals surface area (Å²) in [4.78, 5) is 78.2. The Labute approximate surface area is 379 Å². The fourth-order valence-corrected chi connectivity index (χ4v) is 6.96. The summed E-state index contributed by atoms with van der Waals surface area (Å²) in [6, 6.07) is 11.4. The van der Waals surface area contributed by atoms with Gasteiger partial charge in [0.15, 0.2) is 18.5 Å². The predicted octanol–water partition coefficient (Wildman–Crippen LogP) is 5.03. The van der Waals surface area contributed by atoms with Crippen molar-refractivity contribution in [3.63, 3.8) is 0 Å². The molecular formula is C40H43Cl3N4O17. The van der Waals surface area contributed by atoms with Gasteiger partial charge in [0, 0.05) is 50.1 Å². The van der Waals surface area contributed by atoms with Crippen molar-refractivity contribution in [3.05, 3.63) is 86.6 Å². The standard InChI is InChI=1S/C40H43Cl3N4O17/c1-19-13-30(52)61-27-14-25(11-12-26(19)27)60-38-32(46-47-44)36(33(28(62-38)16-54-20(2)48)56-15-24-9-7-6-8-10-24)64-37-31(45-39(53)57-18-40(41,42)43)35(59-23(5)51)34(58-22(4)50)29(63-37)17-55-21(3)49/h6-14,28-29,31-38H,15-18H2,1-5H3,(H,45,53)/t28-,29-,31-,32-,33-,34-,35-,36-,37+,38-/m1/s1. The molecule has 0 aliphatic carbocycles. The smallest absolute Gasteiger partial charge is 0.407 e. The molecule has 2 aliphatic rings. The molecule has 3 heterocycles. The van der Waals surface area contributed by atoms with E-state index in [1.54, 1.807) is 43.3 Å². The molecule has 5 rings (SSSR count). The van der Waals surface area contributed by atoms with Gasteiger partial charge in [-0.05, 0) is 35.7 Å². The third kappa shape index (κ3) is 14.1. The van der Waals surface area contributed by atoms with Gasteiger partial charge >= 0.3 is 35.6 Å². The number of alkyl halides is 3. The van der Waals surface area contributed by atoms with E-state index in [1.165, 1.54) is 18.2 Å². The lowest BCUT2D eigenvalue weighted by atomic mass is 9.94. The topological polar surface area (TPSA) is 269 Å². The lowest BCUT2D eigenvalue weighted by molar-refractivity contribution is -0.325. The fraction of sp³-hybridized carbons (Fsp3) is 0.500. The van der Waals surface area contributed by atoms with E-state index in [2.05, 4.69) is 15.3 Å². The van der Waals surface area contributed by atoms with Crippen molar-refractivity contribution in [2.45, 2.75) is 106 Å². The summed E-state index contributed by atoms with van der Waals surface area (Å²) in [5.74, 6) is -3.26. The van der Waals surface area contributed by atoms with Gasteiger partial charge in [0.1, 0.15) is 67.7 Å². The van der Waals surface area contributed by atoms with Crippen molar-refractivity contribution in [2.75, 3.05) is 19.8 Å². The molecule has 0 bridgehead atoms. The van der Waals surface area contributed by atoms with Crippen LogP contribution in [0.15, 0.2) is 68.9 Å². The molecule has 2 saturated heterocycles. The van der Waals surface area contributed by atoms with Crippen molar-refractivity contribution < 1.29 is 75.8 Å². The first-order valence-electron chi connectivity index (χ1n) is 19.3. The summed E-state index contributed by atoms with van der Waals surface area (Å²) in [6.45, 7) is 4.04. The molecule has 1 aromatic heterocycles. The van der Waals surface area contributed by atoms with Crippen LogP contribution < -0.4 is 15.7 Å². The number of azide groups is 1. The van der Waals surface area contributed by atoms with Crippen LogP contribution in [0.1, 0.15) is 38.8 Å². The first-order valence-corrected chi connectivity index (χ1v) is 20.4. The number of hydrogen-bond acceptors (Lipinski definition) is 18. The minimum Gasteiger partial charge on any atom is -0.464 e. The van der Waals surface area contributed by atoms with Crippen LogP contribution in [0.25, 0.3) is 21.4 Å². The lowest BCUT2D eigenvalue weighted by Gasteiger charge is -2.49. The monoisotopic (exact) mass is 956 g/mol. The molecule has 2 fully saturated rings. The van der Waals surface area contributed by atoms with Crippen molar-refractivity contribution in [2.24, 2.45) is 5.11 Å². The number of benzene rings is 2. The molecule has 64 heavy (non-hydrogen) atoms. The third-order valence-electron chi connectivity index (χ3n) is 9.35. The summed E-state index contributed by atoms with van der Waals surface area (Å²) in [6.07, 6.45) is -13.7. The fourth-order valence-electron chi connectivity index (χ4n) is 6.79. The van der Waals surface area contributed by atoms with Crippen LogP contribution in [-0.4, -0.2) is 115 Å². The van der Waals surface area contributed by atoms with Gasteiger partial charge in [0.25, 0.3) is 0 Å². The van der Waals surface area contributed by atoms with Crippen molar-refractivity contribution in [1.82, 2.24) is 5.32 Å².